The normalized spacial score (nSPS) is 11.0. The lowest BCUT2D eigenvalue weighted by Gasteiger charge is -2.14. The molecule has 3 N–H and O–H groups in total. The highest BCUT2D eigenvalue weighted by atomic mass is 19.3. The van der Waals surface area contributed by atoms with E-state index in [2.05, 4.69) is 10.3 Å². The van der Waals surface area contributed by atoms with Crippen LogP contribution < -0.4 is 15.8 Å². The number of nitrogens with zero attached hydrogens (tertiary/aromatic N) is 2. The second kappa shape index (κ2) is 8.56. The van der Waals surface area contributed by atoms with Gasteiger partial charge in [-0.05, 0) is 36.8 Å². The summed E-state index contributed by atoms with van der Waals surface area (Å²) in [6, 6.07) is 5.34. The molecular weight excluding hydrogens is 380 g/mol. The number of amides is 1. The number of nitrogens with two attached hydrogens (primary N) is 1. The highest BCUT2D eigenvalue weighted by Crippen LogP contribution is 2.29. The van der Waals surface area contributed by atoms with Gasteiger partial charge in [0.1, 0.15) is 23.1 Å². The van der Waals surface area contributed by atoms with Crippen molar-refractivity contribution in [3.8, 4) is 11.9 Å². The number of aromatic nitrogens is 1. The first kappa shape index (κ1) is 21.0. The lowest BCUT2D eigenvalue weighted by molar-refractivity contribution is -0.0284. The lowest BCUT2D eigenvalue weighted by atomic mass is 10.1. The molecule has 0 radical (unpaired) electrons. The van der Waals surface area contributed by atoms with Crippen LogP contribution in [-0.4, -0.2) is 24.2 Å². The molecule has 6 nitrogen and oxygen atoms in total. The fraction of sp³-hybridized carbons (Fsp3) is 0.278. The summed E-state index contributed by atoms with van der Waals surface area (Å²) >= 11 is 0. The predicted molar refractivity (Wildman–Crippen MR) is 92.0 cm³/mol. The number of nitrogen functional groups attached to an aromatic ring is 1. The van der Waals surface area contributed by atoms with Crippen molar-refractivity contribution in [2.75, 3.05) is 19.0 Å². The van der Waals surface area contributed by atoms with Gasteiger partial charge in [0.05, 0.1) is 12.3 Å². The van der Waals surface area contributed by atoms with Crippen LogP contribution in [0.3, 0.4) is 0 Å². The lowest BCUT2D eigenvalue weighted by Crippen LogP contribution is -2.25. The van der Waals surface area contributed by atoms with Gasteiger partial charge in [-0.3, -0.25) is 4.79 Å². The average Bonchev–Trinajstić information content (AvgIpc) is 2.65. The van der Waals surface area contributed by atoms with Gasteiger partial charge < -0.3 is 15.8 Å². The molecule has 0 spiro atoms. The van der Waals surface area contributed by atoms with E-state index in [0.717, 1.165) is 18.2 Å². The van der Waals surface area contributed by atoms with Gasteiger partial charge in [0.2, 0.25) is 5.88 Å². The van der Waals surface area contributed by atoms with Crippen LogP contribution in [0.15, 0.2) is 24.3 Å². The van der Waals surface area contributed by atoms with E-state index in [1.807, 2.05) is 6.07 Å². The molecule has 1 amide bonds. The maximum atomic E-state index is 13.6. The molecule has 0 saturated heterocycles. The van der Waals surface area contributed by atoms with E-state index < -0.39 is 29.9 Å². The Bertz CT molecular complexity index is 929. The molecule has 1 aromatic carbocycles. The molecule has 28 heavy (non-hydrogen) atoms. The van der Waals surface area contributed by atoms with Gasteiger partial charge in [-0.2, -0.15) is 14.0 Å². The van der Waals surface area contributed by atoms with Crippen LogP contribution in [0.1, 0.15) is 34.1 Å². The summed E-state index contributed by atoms with van der Waals surface area (Å²) in [7, 11) is 0. The number of anilines is 1. The van der Waals surface area contributed by atoms with Crippen LogP contribution in [0.25, 0.3) is 0 Å². The number of carbonyl (C=O) groups is 1. The summed E-state index contributed by atoms with van der Waals surface area (Å²) < 4.78 is 58.1. The molecule has 2 aromatic rings. The van der Waals surface area contributed by atoms with Crippen molar-refractivity contribution < 1.29 is 27.1 Å². The van der Waals surface area contributed by atoms with Crippen molar-refractivity contribution in [3.63, 3.8) is 0 Å². The Hall–Kier alpha value is -3.35. The fourth-order valence-corrected chi connectivity index (χ4v) is 2.32. The minimum absolute atomic E-state index is 0.00289. The first-order chi connectivity index (χ1) is 13.2. The van der Waals surface area contributed by atoms with Gasteiger partial charge in [-0.15, -0.1) is 0 Å². The minimum Gasteiger partial charge on any atom is -0.477 e. The molecule has 0 bridgehead atoms. The molecule has 1 heterocycles. The smallest absolute Gasteiger partial charge is 0.301 e. The van der Waals surface area contributed by atoms with Crippen molar-refractivity contribution in [2.24, 2.45) is 0 Å². The monoisotopic (exact) mass is 396 g/mol. The summed E-state index contributed by atoms with van der Waals surface area (Å²) in [6.07, 6.45) is 0. The third kappa shape index (κ3) is 4.68. The van der Waals surface area contributed by atoms with Gasteiger partial charge in [0.15, 0.2) is 6.67 Å². The number of nitriles is 1. The third-order valence-electron chi connectivity index (χ3n) is 3.64. The van der Waals surface area contributed by atoms with Gasteiger partial charge in [0, 0.05) is 12.1 Å². The van der Waals surface area contributed by atoms with Gasteiger partial charge >= 0.3 is 5.92 Å². The Morgan fingerprint density at radius 3 is 2.68 bits per heavy atom. The van der Waals surface area contributed by atoms with Crippen LogP contribution >= 0.6 is 0 Å². The first-order valence-electron chi connectivity index (χ1n) is 8.07. The van der Waals surface area contributed by atoms with Crippen LogP contribution in [0.5, 0.6) is 5.88 Å². The summed E-state index contributed by atoms with van der Waals surface area (Å²) in [5.74, 6) is -5.70. The Labute approximate surface area is 157 Å². The Balaban J connectivity index is 2.22. The number of pyridine rings is 1. The Kier molecular flexibility index (Phi) is 6.41. The first-order valence-corrected chi connectivity index (χ1v) is 8.07. The third-order valence-corrected chi connectivity index (χ3v) is 3.64. The molecule has 2 rings (SSSR count). The van der Waals surface area contributed by atoms with E-state index in [0.29, 0.717) is 6.07 Å². The van der Waals surface area contributed by atoms with E-state index in [1.165, 1.54) is 0 Å². The largest absolute Gasteiger partial charge is 0.477 e. The molecule has 10 heteroatoms. The van der Waals surface area contributed by atoms with E-state index in [4.69, 9.17) is 15.7 Å². The van der Waals surface area contributed by atoms with Crippen molar-refractivity contribution in [3.05, 3.63) is 52.5 Å². The summed E-state index contributed by atoms with van der Waals surface area (Å²) in [6.45, 7) is -0.462. The van der Waals surface area contributed by atoms with E-state index >= 15 is 0 Å². The van der Waals surface area contributed by atoms with Gasteiger partial charge in [-0.25, -0.2) is 13.8 Å². The Morgan fingerprint density at radius 1 is 1.36 bits per heavy atom. The molecule has 0 unspecified atom stereocenters. The number of nitrogens with one attached hydrogen (secondary N) is 1. The SMILES string of the molecule is CCOc1nc(C(=O)NCc2cc(F)cc(C(F)(F)CF)c2)cc(N)c1C#N. The standard InChI is InChI=1S/C18H16F4N4O2/c1-2-28-17-13(7-23)14(24)6-15(26-17)16(27)25-8-10-3-11(5-12(20)4-10)18(21,22)9-19/h3-6H,2,8-9H2,1H3,(H2,24,26)(H,25,27). The number of hydrogen-bond acceptors (Lipinski definition) is 5. The molecule has 0 saturated carbocycles. The van der Waals surface area contributed by atoms with Crippen LogP contribution in [0, 0.1) is 17.1 Å². The Morgan fingerprint density at radius 2 is 2.07 bits per heavy atom. The van der Waals surface area contributed by atoms with Gasteiger partial charge in [-0.1, -0.05) is 0 Å². The van der Waals surface area contributed by atoms with Crippen molar-refractivity contribution >= 4 is 11.6 Å². The van der Waals surface area contributed by atoms with Crippen molar-refractivity contribution in [1.29, 1.82) is 5.26 Å². The second-order valence-electron chi connectivity index (χ2n) is 5.69. The summed E-state index contributed by atoms with van der Waals surface area (Å²) in [4.78, 5) is 16.2. The molecule has 1 aromatic heterocycles. The quantitative estimate of drug-likeness (QED) is 0.701. The van der Waals surface area contributed by atoms with Crippen molar-refractivity contribution in [2.45, 2.75) is 19.4 Å². The number of hydrogen-bond donors (Lipinski definition) is 2. The molecule has 0 aliphatic rings. The van der Waals surface area contributed by atoms with E-state index in [9.17, 15) is 22.4 Å². The van der Waals surface area contributed by atoms with Crippen LogP contribution in [0.2, 0.25) is 0 Å². The van der Waals surface area contributed by atoms with Crippen LogP contribution in [0.4, 0.5) is 23.2 Å². The molecule has 0 fully saturated rings. The minimum atomic E-state index is -3.84. The second-order valence-corrected chi connectivity index (χ2v) is 5.69. The number of ether oxygens (including phenoxy) is 1. The number of halogens is 4. The number of carbonyl (C=O) groups excluding carboxylic acids is 1. The average molecular weight is 396 g/mol. The topological polar surface area (TPSA) is 101 Å². The predicted octanol–water partition coefficient (Wildman–Crippen LogP) is 3.06. The molecule has 0 atom stereocenters. The zero-order chi connectivity index (χ0) is 20.9. The molecular formula is C18H16F4N4O2. The maximum Gasteiger partial charge on any atom is 0.301 e. The van der Waals surface area contributed by atoms with Crippen LogP contribution in [-0.2, 0) is 12.5 Å². The van der Waals surface area contributed by atoms with Crippen molar-refractivity contribution in [1.82, 2.24) is 10.3 Å². The summed E-state index contributed by atoms with van der Waals surface area (Å²) in [5, 5.41) is 11.4. The highest BCUT2D eigenvalue weighted by Gasteiger charge is 2.32. The zero-order valence-corrected chi connectivity index (χ0v) is 14.7. The van der Waals surface area contributed by atoms with Gasteiger partial charge in [0.25, 0.3) is 5.91 Å². The molecule has 0 aliphatic carbocycles. The van der Waals surface area contributed by atoms with E-state index in [-0.39, 0.29) is 41.5 Å². The molecule has 0 aliphatic heterocycles. The maximum absolute atomic E-state index is 13.6. The number of benzene rings is 1. The van der Waals surface area contributed by atoms with E-state index in [1.54, 1.807) is 6.92 Å². The highest BCUT2D eigenvalue weighted by molar-refractivity contribution is 5.93. The fourth-order valence-electron chi connectivity index (χ4n) is 2.32. The number of alkyl halides is 3. The molecule has 148 valence electrons. The zero-order valence-electron chi connectivity index (χ0n) is 14.7. The summed E-state index contributed by atoms with van der Waals surface area (Å²) in [5.41, 5.74) is 4.66. The number of rotatable bonds is 7.